The number of hydrogen-bond donors (Lipinski definition) is 1. The van der Waals surface area contributed by atoms with Gasteiger partial charge < -0.3 is 4.90 Å². The molecule has 3 rings (SSSR count). The highest BCUT2D eigenvalue weighted by atomic mass is 16.2. The van der Waals surface area contributed by atoms with Crippen molar-refractivity contribution in [3.8, 4) is 11.3 Å². The molecule has 1 aliphatic heterocycles. The van der Waals surface area contributed by atoms with Crippen LogP contribution in [0.4, 0.5) is 0 Å². The van der Waals surface area contributed by atoms with E-state index < -0.39 is 0 Å². The molecule has 22 heavy (non-hydrogen) atoms. The Hall–Kier alpha value is -2.14. The summed E-state index contributed by atoms with van der Waals surface area (Å²) in [7, 11) is 2.07. The Balaban J connectivity index is 1.52. The van der Waals surface area contributed by atoms with Gasteiger partial charge >= 0.3 is 0 Å². The van der Waals surface area contributed by atoms with E-state index in [0.29, 0.717) is 12.3 Å². The fraction of sp³-hybridized carbons (Fsp3) is 0.412. The predicted molar refractivity (Wildman–Crippen MR) is 86.2 cm³/mol. The molecule has 0 saturated carbocycles. The van der Waals surface area contributed by atoms with Crippen molar-refractivity contribution in [1.29, 1.82) is 0 Å². The molecule has 5 heteroatoms. The maximum atomic E-state index is 11.6. The average molecular weight is 298 g/mol. The molecule has 1 aromatic carbocycles. The first-order valence-electron chi connectivity index (χ1n) is 7.78. The number of carbonyl (C=O) groups excluding carboxylic acids is 1. The van der Waals surface area contributed by atoms with Crippen LogP contribution in [0.2, 0.25) is 0 Å². The Bertz CT molecular complexity index is 623. The number of rotatable bonds is 6. The molecule has 1 saturated heterocycles. The van der Waals surface area contributed by atoms with Gasteiger partial charge in [0.25, 0.3) is 0 Å². The lowest BCUT2D eigenvalue weighted by molar-refractivity contribution is -0.127. The second-order valence-electron chi connectivity index (χ2n) is 5.87. The van der Waals surface area contributed by atoms with Crippen LogP contribution in [0.1, 0.15) is 18.5 Å². The maximum Gasteiger partial charge on any atom is 0.222 e. The Morgan fingerprint density at radius 1 is 1.32 bits per heavy atom. The first-order chi connectivity index (χ1) is 10.7. The van der Waals surface area contributed by atoms with Crippen LogP contribution in [-0.4, -0.2) is 52.6 Å². The second kappa shape index (κ2) is 6.75. The minimum absolute atomic E-state index is 0.293. The maximum absolute atomic E-state index is 11.6. The summed E-state index contributed by atoms with van der Waals surface area (Å²) in [6, 6.07) is 12.2. The van der Waals surface area contributed by atoms with Crippen LogP contribution < -0.4 is 0 Å². The van der Waals surface area contributed by atoms with E-state index in [4.69, 9.17) is 0 Å². The first-order valence-corrected chi connectivity index (χ1v) is 7.78. The number of likely N-dealkylation sites (N-methyl/N-ethyl adjacent to an activating group) is 1. The number of benzene rings is 1. The third kappa shape index (κ3) is 3.54. The molecule has 0 spiro atoms. The van der Waals surface area contributed by atoms with E-state index in [1.54, 1.807) is 0 Å². The van der Waals surface area contributed by atoms with E-state index in [0.717, 1.165) is 49.6 Å². The Morgan fingerprint density at radius 3 is 2.86 bits per heavy atom. The molecule has 2 heterocycles. The highest BCUT2D eigenvalue weighted by molar-refractivity contribution is 5.78. The van der Waals surface area contributed by atoms with Crippen molar-refractivity contribution < 1.29 is 4.79 Å². The normalized spacial score (nSPS) is 15.0. The van der Waals surface area contributed by atoms with Crippen LogP contribution in [0.3, 0.4) is 0 Å². The van der Waals surface area contributed by atoms with Crippen molar-refractivity contribution in [3.63, 3.8) is 0 Å². The first kappa shape index (κ1) is 14.8. The minimum Gasteiger partial charge on any atom is -0.341 e. The summed E-state index contributed by atoms with van der Waals surface area (Å²) in [6.07, 6.45) is 1.72. The van der Waals surface area contributed by atoms with Gasteiger partial charge in [-0.05, 0) is 19.5 Å². The average Bonchev–Trinajstić information content (AvgIpc) is 3.15. The van der Waals surface area contributed by atoms with E-state index in [1.165, 1.54) is 0 Å². The van der Waals surface area contributed by atoms with Gasteiger partial charge in [-0.15, -0.1) is 0 Å². The smallest absolute Gasteiger partial charge is 0.222 e. The Labute approximate surface area is 130 Å². The molecule has 0 unspecified atom stereocenters. The van der Waals surface area contributed by atoms with Gasteiger partial charge in [0.05, 0.1) is 5.69 Å². The van der Waals surface area contributed by atoms with Gasteiger partial charge in [0, 0.05) is 43.9 Å². The topological polar surface area (TPSA) is 52.2 Å². The number of carbonyl (C=O) groups is 1. The molecule has 1 N–H and O–H groups in total. The number of nitrogens with one attached hydrogen (secondary N) is 1. The molecule has 0 radical (unpaired) electrons. The summed E-state index contributed by atoms with van der Waals surface area (Å²) in [6.45, 7) is 3.41. The zero-order chi connectivity index (χ0) is 15.4. The zero-order valence-corrected chi connectivity index (χ0v) is 13.0. The third-order valence-corrected chi connectivity index (χ3v) is 4.06. The van der Waals surface area contributed by atoms with Crippen molar-refractivity contribution in [2.75, 3.05) is 26.7 Å². The van der Waals surface area contributed by atoms with Crippen molar-refractivity contribution in [2.24, 2.45) is 0 Å². The lowest BCUT2D eigenvalue weighted by atomic mass is 10.1. The molecule has 116 valence electrons. The van der Waals surface area contributed by atoms with E-state index in [2.05, 4.69) is 40.3 Å². The van der Waals surface area contributed by atoms with Crippen LogP contribution in [-0.2, 0) is 11.3 Å². The van der Waals surface area contributed by atoms with Crippen LogP contribution in [0.5, 0.6) is 0 Å². The number of nitrogens with zero attached hydrogens (tertiary/aromatic N) is 3. The molecule has 1 aromatic heterocycles. The van der Waals surface area contributed by atoms with Crippen LogP contribution >= 0.6 is 0 Å². The van der Waals surface area contributed by atoms with Crippen LogP contribution in [0, 0.1) is 0 Å². The minimum atomic E-state index is 0.293. The molecule has 5 nitrogen and oxygen atoms in total. The number of likely N-dealkylation sites (tertiary alicyclic amines) is 1. The standard InChI is InChI=1S/C17H22N4O/c1-20(10-11-21-9-5-8-17(21)22)13-15-12-16(19-18-15)14-6-3-2-4-7-14/h2-4,6-7,12H,5,8-11,13H2,1H3,(H,18,19). The zero-order valence-electron chi connectivity index (χ0n) is 13.0. The number of aromatic amines is 1. The number of aromatic nitrogens is 2. The van der Waals surface area contributed by atoms with Gasteiger partial charge in [-0.25, -0.2) is 0 Å². The van der Waals surface area contributed by atoms with E-state index >= 15 is 0 Å². The molecule has 0 bridgehead atoms. The second-order valence-corrected chi connectivity index (χ2v) is 5.87. The fourth-order valence-electron chi connectivity index (χ4n) is 2.80. The molecule has 1 amide bonds. The highest BCUT2D eigenvalue weighted by Crippen LogP contribution is 2.17. The van der Waals surface area contributed by atoms with Crippen molar-refractivity contribution in [2.45, 2.75) is 19.4 Å². The molecule has 1 aliphatic rings. The van der Waals surface area contributed by atoms with Gasteiger partial charge in [-0.2, -0.15) is 5.10 Å². The number of H-pyrrole nitrogens is 1. The SMILES string of the molecule is CN(CCN1CCCC1=O)Cc1cc(-c2ccccc2)n[nH]1. The molecular formula is C17H22N4O. The lowest BCUT2D eigenvalue weighted by Crippen LogP contribution is -2.33. The van der Waals surface area contributed by atoms with E-state index in [9.17, 15) is 4.79 Å². The largest absolute Gasteiger partial charge is 0.341 e. The van der Waals surface area contributed by atoms with Gasteiger partial charge in [-0.3, -0.25) is 14.8 Å². The lowest BCUT2D eigenvalue weighted by Gasteiger charge is -2.21. The van der Waals surface area contributed by atoms with Crippen molar-refractivity contribution in [3.05, 3.63) is 42.1 Å². The fourth-order valence-corrected chi connectivity index (χ4v) is 2.80. The summed E-state index contributed by atoms with van der Waals surface area (Å²) in [5.41, 5.74) is 3.18. The van der Waals surface area contributed by atoms with Crippen molar-refractivity contribution in [1.82, 2.24) is 20.0 Å². The Morgan fingerprint density at radius 2 is 2.14 bits per heavy atom. The molecule has 1 fully saturated rings. The highest BCUT2D eigenvalue weighted by Gasteiger charge is 2.19. The third-order valence-electron chi connectivity index (χ3n) is 4.06. The predicted octanol–water partition coefficient (Wildman–Crippen LogP) is 2.13. The number of hydrogen-bond acceptors (Lipinski definition) is 3. The summed E-state index contributed by atoms with van der Waals surface area (Å²) in [4.78, 5) is 15.8. The summed E-state index contributed by atoms with van der Waals surface area (Å²) in [5, 5.41) is 7.47. The molecular weight excluding hydrogens is 276 g/mol. The van der Waals surface area contributed by atoms with Gasteiger partial charge in [0.15, 0.2) is 0 Å². The van der Waals surface area contributed by atoms with E-state index in [-0.39, 0.29) is 0 Å². The number of amides is 1. The Kier molecular flexibility index (Phi) is 4.53. The molecule has 0 atom stereocenters. The van der Waals surface area contributed by atoms with Crippen LogP contribution in [0.15, 0.2) is 36.4 Å². The molecule has 0 aliphatic carbocycles. The summed E-state index contributed by atoms with van der Waals surface area (Å²) in [5.74, 6) is 0.293. The summed E-state index contributed by atoms with van der Waals surface area (Å²) < 4.78 is 0. The van der Waals surface area contributed by atoms with Crippen molar-refractivity contribution >= 4 is 5.91 Å². The van der Waals surface area contributed by atoms with Gasteiger partial charge in [0.1, 0.15) is 0 Å². The quantitative estimate of drug-likeness (QED) is 0.889. The molecule has 2 aromatic rings. The van der Waals surface area contributed by atoms with Gasteiger partial charge in [-0.1, -0.05) is 30.3 Å². The van der Waals surface area contributed by atoms with E-state index in [1.807, 2.05) is 23.1 Å². The van der Waals surface area contributed by atoms with Crippen LogP contribution in [0.25, 0.3) is 11.3 Å². The van der Waals surface area contributed by atoms with Gasteiger partial charge in [0.2, 0.25) is 5.91 Å². The summed E-state index contributed by atoms with van der Waals surface area (Å²) >= 11 is 0. The monoisotopic (exact) mass is 298 g/mol.